The van der Waals surface area contributed by atoms with Gasteiger partial charge in [0.2, 0.25) is 0 Å². The molecular formula is C15H17NO3. The summed E-state index contributed by atoms with van der Waals surface area (Å²) >= 11 is 0. The number of carbonyl (C=O) groups is 1. The second-order valence-electron chi connectivity index (χ2n) is 4.37. The number of hydrogen-bond donors (Lipinski definition) is 2. The van der Waals surface area contributed by atoms with Gasteiger partial charge in [-0.1, -0.05) is 30.3 Å². The molecule has 0 heterocycles. The number of carboxylic acid groups (broad SMARTS) is 1. The molecule has 0 amide bonds. The van der Waals surface area contributed by atoms with Gasteiger partial charge in [-0.05, 0) is 29.8 Å². The Labute approximate surface area is 112 Å². The summed E-state index contributed by atoms with van der Waals surface area (Å²) < 4.78 is 5.59. The molecule has 0 radical (unpaired) electrons. The van der Waals surface area contributed by atoms with E-state index in [1.807, 2.05) is 36.4 Å². The lowest BCUT2D eigenvalue weighted by atomic mass is 10.1. The third kappa shape index (κ3) is 3.69. The molecule has 2 rings (SSSR count). The fourth-order valence-corrected chi connectivity index (χ4v) is 1.79. The molecule has 0 saturated heterocycles. The highest BCUT2D eigenvalue weighted by Crippen LogP contribution is 2.20. The largest absolute Gasteiger partial charge is 0.492 e. The van der Waals surface area contributed by atoms with Crippen LogP contribution in [0.4, 0.5) is 0 Å². The fourth-order valence-electron chi connectivity index (χ4n) is 1.79. The quantitative estimate of drug-likeness (QED) is 0.781. The zero-order valence-electron chi connectivity index (χ0n) is 10.8. The second-order valence-corrected chi connectivity index (χ2v) is 4.37. The summed E-state index contributed by atoms with van der Waals surface area (Å²) in [7, 11) is 0. The first-order chi connectivity index (χ1) is 9.16. The van der Waals surface area contributed by atoms with Gasteiger partial charge >= 0.3 is 5.97 Å². The van der Waals surface area contributed by atoms with Gasteiger partial charge in [0.15, 0.2) is 0 Å². The molecule has 2 N–H and O–H groups in total. The van der Waals surface area contributed by atoms with Gasteiger partial charge in [-0.25, -0.2) is 0 Å². The monoisotopic (exact) mass is 259 g/mol. The SMILES string of the molecule is C[C@H](NCCOc1ccc2ccccc2c1)C(=O)O. The van der Waals surface area contributed by atoms with E-state index in [1.54, 1.807) is 6.92 Å². The van der Waals surface area contributed by atoms with Crippen LogP contribution in [0.2, 0.25) is 0 Å². The number of carboxylic acids is 1. The maximum atomic E-state index is 10.6. The average Bonchev–Trinajstić information content (AvgIpc) is 2.43. The van der Waals surface area contributed by atoms with Gasteiger partial charge in [0.1, 0.15) is 18.4 Å². The fraction of sp³-hybridized carbons (Fsp3) is 0.267. The summed E-state index contributed by atoms with van der Waals surface area (Å²) in [6.07, 6.45) is 0. The van der Waals surface area contributed by atoms with Crippen LogP contribution in [0, 0.1) is 0 Å². The second kappa shape index (κ2) is 6.20. The molecule has 0 fully saturated rings. The van der Waals surface area contributed by atoms with Crippen LogP contribution in [-0.4, -0.2) is 30.3 Å². The van der Waals surface area contributed by atoms with Crippen molar-refractivity contribution in [1.29, 1.82) is 0 Å². The van der Waals surface area contributed by atoms with Crippen LogP contribution in [0.25, 0.3) is 10.8 Å². The number of benzene rings is 2. The molecule has 2 aromatic rings. The van der Waals surface area contributed by atoms with Crippen LogP contribution < -0.4 is 10.1 Å². The van der Waals surface area contributed by atoms with Crippen LogP contribution in [0.5, 0.6) is 5.75 Å². The van der Waals surface area contributed by atoms with Crippen molar-refractivity contribution in [2.45, 2.75) is 13.0 Å². The Morgan fingerprint density at radius 3 is 2.74 bits per heavy atom. The summed E-state index contributed by atoms with van der Waals surface area (Å²) in [5, 5.41) is 13.9. The van der Waals surface area contributed by atoms with Crippen molar-refractivity contribution in [3.63, 3.8) is 0 Å². The Balaban J connectivity index is 1.86. The number of ether oxygens (including phenoxy) is 1. The third-order valence-electron chi connectivity index (χ3n) is 2.91. The van der Waals surface area contributed by atoms with Crippen molar-refractivity contribution in [2.24, 2.45) is 0 Å². The van der Waals surface area contributed by atoms with E-state index in [9.17, 15) is 4.79 Å². The summed E-state index contributed by atoms with van der Waals surface area (Å²) in [5.41, 5.74) is 0. The number of aliphatic carboxylic acids is 1. The van der Waals surface area contributed by atoms with Crippen molar-refractivity contribution in [2.75, 3.05) is 13.2 Å². The molecule has 19 heavy (non-hydrogen) atoms. The van der Waals surface area contributed by atoms with Crippen LogP contribution >= 0.6 is 0 Å². The molecule has 0 aliphatic heterocycles. The van der Waals surface area contributed by atoms with Gasteiger partial charge < -0.3 is 15.2 Å². The zero-order chi connectivity index (χ0) is 13.7. The molecule has 0 saturated carbocycles. The molecular weight excluding hydrogens is 242 g/mol. The van der Waals surface area contributed by atoms with E-state index in [0.717, 1.165) is 11.1 Å². The van der Waals surface area contributed by atoms with E-state index in [0.29, 0.717) is 13.2 Å². The lowest BCUT2D eigenvalue weighted by molar-refractivity contribution is -0.139. The molecule has 100 valence electrons. The number of rotatable bonds is 6. The van der Waals surface area contributed by atoms with E-state index < -0.39 is 12.0 Å². The molecule has 0 aromatic heterocycles. The molecule has 0 spiro atoms. The van der Waals surface area contributed by atoms with Gasteiger partial charge in [-0.3, -0.25) is 4.79 Å². The predicted molar refractivity (Wildman–Crippen MR) is 74.5 cm³/mol. The first-order valence-electron chi connectivity index (χ1n) is 6.24. The first kappa shape index (κ1) is 13.4. The molecule has 0 bridgehead atoms. The lowest BCUT2D eigenvalue weighted by Gasteiger charge is -2.10. The molecule has 4 nitrogen and oxygen atoms in total. The van der Waals surface area contributed by atoms with Crippen LogP contribution in [0.1, 0.15) is 6.92 Å². The van der Waals surface area contributed by atoms with E-state index in [-0.39, 0.29) is 0 Å². The zero-order valence-corrected chi connectivity index (χ0v) is 10.8. The number of fused-ring (bicyclic) bond motifs is 1. The molecule has 2 aromatic carbocycles. The molecule has 4 heteroatoms. The summed E-state index contributed by atoms with van der Waals surface area (Å²) in [6, 6.07) is 13.4. The lowest BCUT2D eigenvalue weighted by Crippen LogP contribution is -2.36. The highest BCUT2D eigenvalue weighted by Gasteiger charge is 2.08. The van der Waals surface area contributed by atoms with E-state index in [1.165, 1.54) is 5.39 Å². The Morgan fingerprint density at radius 2 is 2.00 bits per heavy atom. The van der Waals surface area contributed by atoms with Crippen molar-refractivity contribution in [3.05, 3.63) is 42.5 Å². The Kier molecular flexibility index (Phi) is 4.36. The minimum atomic E-state index is -0.856. The smallest absolute Gasteiger partial charge is 0.320 e. The third-order valence-corrected chi connectivity index (χ3v) is 2.91. The maximum absolute atomic E-state index is 10.6. The molecule has 0 aliphatic carbocycles. The van der Waals surface area contributed by atoms with E-state index >= 15 is 0 Å². The molecule has 0 aliphatic rings. The predicted octanol–water partition coefficient (Wildman–Crippen LogP) is 2.28. The van der Waals surface area contributed by atoms with Crippen LogP contribution in [-0.2, 0) is 4.79 Å². The van der Waals surface area contributed by atoms with Gasteiger partial charge in [-0.2, -0.15) is 0 Å². The molecule has 0 unspecified atom stereocenters. The average molecular weight is 259 g/mol. The normalized spacial score (nSPS) is 12.3. The summed E-state index contributed by atoms with van der Waals surface area (Å²) in [4.78, 5) is 10.6. The Morgan fingerprint density at radius 1 is 1.26 bits per heavy atom. The maximum Gasteiger partial charge on any atom is 0.320 e. The van der Waals surface area contributed by atoms with Crippen molar-refractivity contribution >= 4 is 16.7 Å². The number of nitrogens with one attached hydrogen (secondary N) is 1. The Bertz CT molecular complexity index is 568. The van der Waals surface area contributed by atoms with Crippen LogP contribution in [0.3, 0.4) is 0 Å². The minimum Gasteiger partial charge on any atom is -0.492 e. The summed E-state index contributed by atoms with van der Waals surface area (Å²) in [5.74, 6) is -0.0609. The first-order valence-corrected chi connectivity index (χ1v) is 6.24. The van der Waals surface area contributed by atoms with Crippen LogP contribution in [0.15, 0.2) is 42.5 Å². The van der Waals surface area contributed by atoms with Crippen molar-refractivity contribution < 1.29 is 14.6 Å². The highest BCUT2D eigenvalue weighted by atomic mass is 16.5. The summed E-state index contributed by atoms with van der Waals surface area (Å²) in [6.45, 7) is 2.55. The Hall–Kier alpha value is -2.07. The molecule has 1 atom stereocenters. The number of hydrogen-bond acceptors (Lipinski definition) is 3. The van der Waals surface area contributed by atoms with E-state index in [4.69, 9.17) is 9.84 Å². The van der Waals surface area contributed by atoms with E-state index in [2.05, 4.69) is 11.4 Å². The van der Waals surface area contributed by atoms with Gasteiger partial charge in [0.05, 0.1) is 0 Å². The minimum absolute atomic E-state index is 0.440. The highest BCUT2D eigenvalue weighted by molar-refractivity contribution is 5.83. The van der Waals surface area contributed by atoms with Gasteiger partial charge in [0, 0.05) is 6.54 Å². The van der Waals surface area contributed by atoms with Crippen molar-refractivity contribution in [3.8, 4) is 5.75 Å². The van der Waals surface area contributed by atoms with Gasteiger partial charge in [-0.15, -0.1) is 0 Å². The van der Waals surface area contributed by atoms with Gasteiger partial charge in [0.25, 0.3) is 0 Å². The topological polar surface area (TPSA) is 58.6 Å². The standard InChI is InChI=1S/C15H17NO3/c1-11(15(17)18)16-8-9-19-14-7-6-12-4-2-3-5-13(12)10-14/h2-7,10-11,16H,8-9H2,1H3,(H,17,18)/t11-/m0/s1. The van der Waals surface area contributed by atoms with Crippen molar-refractivity contribution in [1.82, 2.24) is 5.32 Å².